The van der Waals surface area contributed by atoms with Gasteiger partial charge in [0.1, 0.15) is 0 Å². The van der Waals surface area contributed by atoms with Gasteiger partial charge in [0.2, 0.25) is 0 Å². The maximum Gasteiger partial charge on any atom is 0.317 e. The largest absolute Gasteiger partial charge is 0.338 e. The van der Waals surface area contributed by atoms with Crippen molar-refractivity contribution >= 4 is 32.5 Å². The predicted molar refractivity (Wildman–Crippen MR) is 199 cm³/mol. The van der Waals surface area contributed by atoms with E-state index >= 15 is 0 Å². The smallest absolute Gasteiger partial charge is 0.317 e. The molecule has 3 aliphatic carbocycles. The van der Waals surface area contributed by atoms with E-state index in [1.54, 1.807) is 0 Å². The molecule has 6 rings (SSSR count). The fourth-order valence-electron chi connectivity index (χ4n) is 8.08. The third kappa shape index (κ3) is 11.1. The number of allylic oxidation sites excluding steroid dienone is 4. The molecule has 6 heteroatoms. The van der Waals surface area contributed by atoms with Gasteiger partial charge in [-0.1, -0.05) is 131 Å². The Kier molecular flexibility index (Phi) is 17.0. The first-order valence-corrected chi connectivity index (χ1v) is 21.3. The van der Waals surface area contributed by atoms with Crippen molar-refractivity contribution in [3.63, 3.8) is 0 Å². The van der Waals surface area contributed by atoms with Crippen LogP contribution in [0.1, 0.15) is 103 Å². The zero-order valence-electron chi connectivity index (χ0n) is 28.2. The number of benzene rings is 2. The first-order valence-electron chi connectivity index (χ1n) is 18.2. The summed E-state index contributed by atoms with van der Waals surface area (Å²) in [5.74, 6) is 0. The maximum atomic E-state index is 13.5. The number of nitrogens with one attached hydrogen (secondary N) is 1. The van der Waals surface area contributed by atoms with Crippen molar-refractivity contribution in [1.29, 1.82) is 0 Å². The number of hydrogen-bond donors (Lipinski definition) is 1. The molecule has 0 spiro atoms. The summed E-state index contributed by atoms with van der Waals surface area (Å²) in [6.07, 6.45) is 30.7. The number of carbonyl (C=O) groups excluding carboxylic acids is 1. The van der Waals surface area contributed by atoms with E-state index < -0.39 is 7.92 Å². The van der Waals surface area contributed by atoms with E-state index in [-0.39, 0.29) is 33.4 Å². The summed E-state index contributed by atoms with van der Waals surface area (Å²) in [5, 5.41) is 6.06. The molecule has 0 bridgehead atoms. The molecule has 2 aromatic rings. The van der Waals surface area contributed by atoms with Crippen molar-refractivity contribution in [3.05, 3.63) is 85.0 Å². The zero-order chi connectivity index (χ0) is 31.1. The summed E-state index contributed by atoms with van der Waals surface area (Å²) in [5.41, 5.74) is 2.60. The first kappa shape index (κ1) is 37.5. The third-order valence-corrected chi connectivity index (χ3v) is 16.8. The summed E-state index contributed by atoms with van der Waals surface area (Å²) < 4.78 is 0. The van der Waals surface area contributed by atoms with Gasteiger partial charge in [0.05, 0.1) is 0 Å². The van der Waals surface area contributed by atoms with Gasteiger partial charge in [-0.25, -0.2) is 4.79 Å². The number of rotatable bonds is 8. The molecule has 3 fully saturated rings. The fourth-order valence-corrected chi connectivity index (χ4v) is 15.2. The minimum atomic E-state index is -0.504. The SMILES string of the molecule is C1=CCCC=CCC1.CCNC(=O)N1C[C@H](P(C2CCCCC2)C2CCCCC2)C[C@@H]1CP(c1ccccc1)c1ccccc1.[Rh]. The van der Waals surface area contributed by atoms with E-state index in [0.717, 1.165) is 29.7 Å². The Morgan fingerprint density at radius 2 is 1.15 bits per heavy atom. The summed E-state index contributed by atoms with van der Waals surface area (Å²) in [4.78, 5) is 15.7. The second-order valence-electron chi connectivity index (χ2n) is 13.4. The Morgan fingerprint density at radius 3 is 1.59 bits per heavy atom. The van der Waals surface area contributed by atoms with Gasteiger partial charge in [-0.15, -0.1) is 0 Å². The molecule has 1 saturated heterocycles. The molecule has 2 atom stereocenters. The molecule has 3 nitrogen and oxygen atoms in total. The monoisotopic (exact) mass is 747 g/mol. The van der Waals surface area contributed by atoms with Crippen LogP contribution < -0.4 is 15.9 Å². The van der Waals surface area contributed by atoms with Crippen LogP contribution in [0.3, 0.4) is 0 Å². The average molecular weight is 748 g/mol. The van der Waals surface area contributed by atoms with Gasteiger partial charge in [0.25, 0.3) is 0 Å². The average Bonchev–Trinajstić information content (AvgIpc) is 3.49. The van der Waals surface area contributed by atoms with Crippen LogP contribution in [0.4, 0.5) is 4.79 Å². The van der Waals surface area contributed by atoms with Crippen LogP contribution in [-0.4, -0.2) is 53.2 Å². The Hall–Kier alpha value is -1.33. The van der Waals surface area contributed by atoms with E-state index in [4.69, 9.17) is 0 Å². The standard InChI is InChI=1S/C32H46N2OP2.C8H12.Rh/c1-2-33-32(35)34-24-31(37(29-19-11-5-12-20-29)30-21-13-6-14-22-30)23-26(34)25-36(27-15-7-3-8-16-27)28-17-9-4-10-18-28;1-2-4-6-8-7-5-3-1;/h3-4,7-10,15-18,26,29-31H,2,5-6,11-14,19-25H2,1H3,(H,33,35);1-2,7-8H,3-6H2;/t26-,31-;;/m1../s1. The van der Waals surface area contributed by atoms with Crippen LogP contribution in [0, 0.1) is 0 Å². The molecule has 2 aromatic carbocycles. The molecule has 0 aromatic heterocycles. The zero-order valence-corrected chi connectivity index (χ0v) is 31.6. The number of urea groups is 1. The Balaban J connectivity index is 0.000000467. The number of likely N-dealkylation sites (tertiary alicyclic amines) is 1. The van der Waals surface area contributed by atoms with Crippen molar-refractivity contribution in [3.8, 4) is 0 Å². The van der Waals surface area contributed by atoms with Crippen molar-refractivity contribution < 1.29 is 24.3 Å². The molecule has 4 aliphatic rings. The quantitative estimate of drug-likeness (QED) is 0.163. The van der Waals surface area contributed by atoms with E-state index in [9.17, 15) is 4.79 Å². The van der Waals surface area contributed by atoms with Crippen LogP contribution in [0.25, 0.3) is 0 Å². The maximum absolute atomic E-state index is 13.5. The number of carbonyl (C=O) groups is 1. The Labute approximate surface area is 296 Å². The summed E-state index contributed by atoms with van der Waals surface area (Å²) >= 11 is 0. The topological polar surface area (TPSA) is 32.3 Å². The second-order valence-corrected chi connectivity index (χ2v) is 18.8. The third-order valence-electron chi connectivity index (χ3n) is 10.3. The molecule has 46 heavy (non-hydrogen) atoms. The van der Waals surface area contributed by atoms with Crippen LogP contribution in [0.5, 0.6) is 0 Å². The molecule has 253 valence electrons. The van der Waals surface area contributed by atoms with Gasteiger partial charge < -0.3 is 10.2 Å². The first-order chi connectivity index (χ1) is 22.2. The van der Waals surface area contributed by atoms with Crippen molar-refractivity contribution in [2.24, 2.45) is 0 Å². The van der Waals surface area contributed by atoms with Crippen LogP contribution in [-0.2, 0) is 19.5 Å². The summed E-state index contributed by atoms with van der Waals surface area (Å²) in [6.45, 7) is 3.75. The predicted octanol–water partition coefficient (Wildman–Crippen LogP) is 10.1. The van der Waals surface area contributed by atoms with Gasteiger partial charge in [-0.2, -0.15) is 0 Å². The number of hydrogen-bond acceptors (Lipinski definition) is 1. The molecule has 2 saturated carbocycles. The van der Waals surface area contributed by atoms with Crippen molar-refractivity contribution in [2.45, 2.75) is 126 Å². The van der Waals surface area contributed by atoms with Gasteiger partial charge in [-0.3, -0.25) is 0 Å². The normalized spacial score (nSPS) is 22.5. The van der Waals surface area contributed by atoms with Crippen LogP contribution in [0.15, 0.2) is 85.0 Å². The summed E-state index contributed by atoms with van der Waals surface area (Å²) in [7, 11) is -0.538. The van der Waals surface area contributed by atoms with Crippen molar-refractivity contribution in [1.82, 2.24) is 10.2 Å². The second kappa shape index (κ2) is 20.9. The fraction of sp³-hybridized carbons (Fsp3) is 0.575. The molecule has 1 heterocycles. The van der Waals surface area contributed by atoms with E-state index in [1.165, 1.54) is 107 Å². The van der Waals surface area contributed by atoms with Crippen molar-refractivity contribution in [2.75, 3.05) is 19.3 Å². The summed E-state index contributed by atoms with van der Waals surface area (Å²) in [6, 6.07) is 22.7. The van der Waals surface area contributed by atoms with Crippen LogP contribution in [0.2, 0.25) is 0 Å². The van der Waals surface area contributed by atoms with E-state index in [1.807, 2.05) is 0 Å². The van der Waals surface area contributed by atoms with Gasteiger partial charge in [0, 0.05) is 38.6 Å². The molecular formula is C40H58N2OP2Rh. The molecule has 1 aliphatic heterocycles. The molecule has 0 unspecified atom stereocenters. The molecule has 2 amide bonds. The Morgan fingerprint density at radius 1 is 0.696 bits per heavy atom. The molecular weight excluding hydrogens is 689 g/mol. The van der Waals surface area contributed by atoms with Gasteiger partial charge in [-0.05, 0) is 106 Å². The molecule has 1 radical (unpaired) electrons. The Bertz CT molecular complexity index is 1100. The van der Waals surface area contributed by atoms with Crippen LogP contribution >= 0.6 is 15.8 Å². The minimum absolute atomic E-state index is 0. The van der Waals surface area contributed by atoms with Gasteiger partial charge in [0.15, 0.2) is 0 Å². The minimum Gasteiger partial charge on any atom is -0.338 e. The number of nitrogens with zero attached hydrogens (tertiary/aromatic N) is 1. The number of amides is 2. The van der Waals surface area contributed by atoms with Gasteiger partial charge >= 0.3 is 6.03 Å². The van der Waals surface area contributed by atoms with E-state index in [0.29, 0.717) is 12.6 Å². The van der Waals surface area contributed by atoms with E-state index in [2.05, 4.69) is 102 Å². The molecule has 1 N–H and O–H groups in total.